The minimum Gasteiger partial charge on any atom is -0.415 e. The lowest BCUT2D eigenvalue weighted by Crippen LogP contribution is -1.84. The Hall–Kier alpha value is -3.08. The number of hydrogen-bond acceptors (Lipinski definition) is 4. The summed E-state index contributed by atoms with van der Waals surface area (Å²) >= 11 is 0. The Morgan fingerprint density at radius 3 is 2.59 bits per heavy atom. The van der Waals surface area contributed by atoms with Crippen molar-refractivity contribution in [3.05, 3.63) is 66.5 Å². The highest BCUT2D eigenvalue weighted by Gasteiger charge is 2.12. The highest BCUT2D eigenvalue weighted by Crippen LogP contribution is 2.24. The number of hydrogen-bond donors (Lipinski definition) is 0. The Kier molecular flexibility index (Phi) is 2.89. The van der Waals surface area contributed by atoms with Gasteiger partial charge in [0.15, 0.2) is 0 Å². The average Bonchev–Trinajstić information content (AvgIpc) is 3.04. The van der Waals surface area contributed by atoms with Crippen LogP contribution >= 0.6 is 0 Å². The number of fused-ring (bicyclic) bond motifs is 1. The summed E-state index contributed by atoms with van der Waals surface area (Å²) in [6, 6.07) is 17.6. The summed E-state index contributed by atoms with van der Waals surface area (Å²) in [4.78, 5) is 4.50. The molecule has 0 amide bonds. The van der Waals surface area contributed by atoms with Gasteiger partial charge in [-0.1, -0.05) is 30.3 Å². The third-order valence-electron chi connectivity index (χ3n) is 3.31. The van der Waals surface area contributed by atoms with Crippen molar-refractivity contribution in [1.29, 1.82) is 0 Å². The molecular weight excluding hydrogens is 281 g/mol. The van der Waals surface area contributed by atoms with Gasteiger partial charge < -0.3 is 4.42 Å². The van der Waals surface area contributed by atoms with Crippen LogP contribution in [-0.2, 0) is 0 Å². The number of rotatable bonds is 2. The number of aromatic nitrogens is 3. The van der Waals surface area contributed by atoms with Gasteiger partial charge >= 0.3 is 0 Å². The van der Waals surface area contributed by atoms with E-state index in [1.54, 1.807) is 12.1 Å². The molecule has 2 aromatic heterocycles. The van der Waals surface area contributed by atoms with Gasteiger partial charge in [-0.3, -0.25) is 0 Å². The first kappa shape index (κ1) is 12.6. The minimum absolute atomic E-state index is 0.268. The molecule has 0 radical (unpaired) electrons. The van der Waals surface area contributed by atoms with Crippen LogP contribution in [0.5, 0.6) is 0 Å². The molecule has 0 saturated heterocycles. The summed E-state index contributed by atoms with van der Waals surface area (Å²) in [5.74, 6) is 0.232. The van der Waals surface area contributed by atoms with Crippen LogP contribution in [0.25, 0.3) is 33.9 Å². The van der Waals surface area contributed by atoms with Crippen LogP contribution in [0.15, 0.2) is 65.1 Å². The van der Waals surface area contributed by atoms with Crippen molar-refractivity contribution in [3.63, 3.8) is 0 Å². The summed E-state index contributed by atoms with van der Waals surface area (Å²) in [5, 5.41) is 9.00. The van der Waals surface area contributed by atoms with E-state index in [0.717, 1.165) is 10.9 Å². The summed E-state index contributed by atoms with van der Waals surface area (Å²) < 4.78 is 18.9. The van der Waals surface area contributed by atoms with E-state index in [-0.39, 0.29) is 11.7 Å². The van der Waals surface area contributed by atoms with Gasteiger partial charge in [0.2, 0.25) is 5.89 Å². The van der Waals surface area contributed by atoms with Crippen molar-refractivity contribution in [1.82, 2.24) is 15.2 Å². The molecule has 0 saturated carbocycles. The third kappa shape index (κ3) is 2.22. The molecule has 5 heteroatoms. The molecule has 0 spiro atoms. The molecule has 106 valence electrons. The molecule has 0 N–H and O–H groups in total. The minimum atomic E-state index is -0.346. The number of halogens is 1. The Balaban J connectivity index is 1.76. The van der Waals surface area contributed by atoms with Gasteiger partial charge in [0.1, 0.15) is 11.5 Å². The number of pyridine rings is 1. The fourth-order valence-electron chi connectivity index (χ4n) is 2.25. The first-order valence-corrected chi connectivity index (χ1v) is 6.75. The molecule has 4 aromatic rings. The van der Waals surface area contributed by atoms with Crippen LogP contribution < -0.4 is 0 Å². The van der Waals surface area contributed by atoms with Gasteiger partial charge in [0.05, 0.1) is 5.52 Å². The van der Waals surface area contributed by atoms with E-state index < -0.39 is 0 Å². The standard InChI is InChI=1S/C17H10FN3O/c18-13-6-3-5-12(10-13)16-20-21-17(22-16)15-9-8-11-4-1-2-7-14(11)19-15/h1-10H. The van der Waals surface area contributed by atoms with Crippen LogP contribution in [0.2, 0.25) is 0 Å². The van der Waals surface area contributed by atoms with E-state index >= 15 is 0 Å². The predicted molar refractivity (Wildman–Crippen MR) is 80.4 cm³/mol. The second-order valence-corrected chi connectivity index (χ2v) is 4.81. The highest BCUT2D eigenvalue weighted by molar-refractivity contribution is 5.80. The van der Waals surface area contributed by atoms with Gasteiger partial charge in [-0.25, -0.2) is 9.37 Å². The van der Waals surface area contributed by atoms with Crippen LogP contribution in [0.1, 0.15) is 0 Å². The zero-order valence-electron chi connectivity index (χ0n) is 11.4. The van der Waals surface area contributed by atoms with Crippen molar-refractivity contribution in [3.8, 4) is 23.0 Å². The van der Waals surface area contributed by atoms with Crippen LogP contribution in [0.3, 0.4) is 0 Å². The zero-order chi connectivity index (χ0) is 14.9. The van der Waals surface area contributed by atoms with Crippen molar-refractivity contribution >= 4 is 10.9 Å². The Bertz CT molecular complexity index is 965. The fraction of sp³-hybridized carbons (Fsp3) is 0. The summed E-state index contributed by atoms with van der Waals surface area (Å²) in [6.45, 7) is 0. The lowest BCUT2D eigenvalue weighted by molar-refractivity contribution is 0.580. The lowest BCUT2D eigenvalue weighted by atomic mass is 10.2. The molecule has 22 heavy (non-hydrogen) atoms. The summed E-state index contributed by atoms with van der Waals surface area (Å²) in [5.41, 5.74) is 1.99. The van der Waals surface area contributed by atoms with E-state index in [1.165, 1.54) is 12.1 Å². The van der Waals surface area contributed by atoms with Gasteiger partial charge in [-0.15, -0.1) is 10.2 Å². The SMILES string of the molecule is Fc1cccc(-c2nnc(-c3ccc4ccccc4n3)o2)c1. The van der Waals surface area contributed by atoms with Crippen LogP contribution in [-0.4, -0.2) is 15.2 Å². The highest BCUT2D eigenvalue weighted by atomic mass is 19.1. The number of para-hydroxylation sites is 1. The van der Waals surface area contributed by atoms with E-state index in [4.69, 9.17) is 4.42 Å². The number of benzene rings is 2. The topological polar surface area (TPSA) is 51.8 Å². The first-order chi connectivity index (χ1) is 10.8. The average molecular weight is 291 g/mol. The van der Waals surface area contributed by atoms with E-state index in [0.29, 0.717) is 17.1 Å². The Morgan fingerprint density at radius 1 is 0.818 bits per heavy atom. The molecule has 2 heterocycles. The van der Waals surface area contributed by atoms with E-state index in [2.05, 4.69) is 15.2 Å². The lowest BCUT2D eigenvalue weighted by Gasteiger charge is -1.98. The molecular formula is C17H10FN3O. The van der Waals surface area contributed by atoms with E-state index in [9.17, 15) is 4.39 Å². The molecule has 0 fully saturated rings. The quantitative estimate of drug-likeness (QED) is 0.558. The molecule has 0 aliphatic rings. The molecule has 4 rings (SSSR count). The summed E-state index contributed by atoms with van der Waals surface area (Å²) in [7, 11) is 0. The Morgan fingerprint density at radius 2 is 1.68 bits per heavy atom. The summed E-state index contributed by atoms with van der Waals surface area (Å²) in [6.07, 6.45) is 0. The van der Waals surface area contributed by atoms with Gasteiger partial charge in [-0.05, 0) is 30.3 Å². The maximum atomic E-state index is 13.3. The molecule has 0 bridgehead atoms. The van der Waals surface area contributed by atoms with Crippen molar-refractivity contribution in [2.45, 2.75) is 0 Å². The Labute approximate surface area is 125 Å². The molecule has 0 aliphatic carbocycles. The molecule has 0 aliphatic heterocycles. The van der Waals surface area contributed by atoms with Crippen molar-refractivity contribution < 1.29 is 8.81 Å². The smallest absolute Gasteiger partial charge is 0.266 e. The molecule has 0 unspecified atom stereocenters. The monoisotopic (exact) mass is 291 g/mol. The van der Waals surface area contributed by atoms with Crippen LogP contribution in [0.4, 0.5) is 4.39 Å². The second-order valence-electron chi connectivity index (χ2n) is 4.81. The van der Waals surface area contributed by atoms with Crippen molar-refractivity contribution in [2.75, 3.05) is 0 Å². The zero-order valence-corrected chi connectivity index (χ0v) is 11.4. The first-order valence-electron chi connectivity index (χ1n) is 6.75. The molecule has 4 nitrogen and oxygen atoms in total. The van der Waals surface area contributed by atoms with Gasteiger partial charge in [-0.2, -0.15) is 0 Å². The second kappa shape index (κ2) is 5.04. The fourth-order valence-corrected chi connectivity index (χ4v) is 2.25. The number of nitrogens with zero attached hydrogens (tertiary/aromatic N) is 3. The van der Waals surface area contributed by atoms with Gasteiger partial charge in [0, 0.05) is 10.9 Å². The normalized spacial score (nSPS) is 11.0. The van der Waals surface area contributed by atoms with Crippen LogP contribution in [0, 0.1) is 5.82 Å². The van der Waals surface area contributed by atoms with Gasteiger partial charge in [0.25, 0.3) is 5.89 Å². The third-order valence-corrected chi connectivity index (χ3v) is 3.31. The van der Waals surface area contributed by atoms with E-state index in [1.807, 2.05) is 36.4 Å². The predicted octanol–water partition coefficient (Wildman–Crippen LogP) is 4.09. The molecule has 0 atom stereocenters. The largest absolute Gasteiger partial charge is 0.415 e. The maximum Gasteiger partial charge on any atom is 0.266 e. The van der Waals surface area contributed by atoms with Crippen molar-refractivity contribution in [2.24, 2.45) is 0 Å². The molecule has 2 aromatic carbocycles. The maximum absolute atomic E-state index is 13.3.